The Labute approximate surface area is 117 Å². The molecule has 1 aliphatic carbocycles. The first-order chi connectivity index (χ1) is 8.80. The smallest absolute Gasteiger partial charge is 0.292 e. The van der Waals surface area contributed by atoms with Crippen LogP contribution in [0.15, 0.2) is 27.6 Å². The SMILES string of the molecule is [C-]#[N+]C1(NS(=O)(=O)c2ccc(Br)c([N+](=O)[O-])c2)CC1. The lowest BCUT2D eigenvalue weighted by Gasteiger charge is -2.07. The van der Waals surface area contributed by atoms with Crippen molar-refractivity contribution in [1.82, 2.24) is 4.72 Å². The second-order valence-corrected chi connectivity index (χ2v) is 6.66. The molecule has 1 fully saturated rings. The molecule has 1 aromatic rings. The Morgan fingerprint density at radius 2 is 2.11 bits per heavy atom. The molecular formula is C10H8BrN3O4S. The van der Waals surface area contributed by atoms with E-state index in [0.29, 0.717) is 12.8 Å². The molecule has 1 aliphatic rings. The first-order valence-corrected chi connectivity index (χ1v) is 7.44. The maximum Gasteiger partial charge on any atom is 0.299 e. The summed E-state index contributed by atoms with van der Waals surface area (Å²) >= 11 is 2.98. The van der Waals surface area contributed by atoms with Crippen LogP contribution >= 0.6 is 15.9 Å². The van der Waals surface area contributed by atoms with Crippen LogP contribution in [0, 0.1) is 16.7 Å². The van der Waals surface area contributed by atoms with Crippen LogP contribution < -0.4 is 4.72 Å². The fraction of sp³-hybridized carbons (Fsp3) is 0.300. The molecule has 0 spiro atoms. The normalized spacial score (nSPS) is 16.6. The van der Waals surface area contributed by atoms with Crippen molar-refractivity contribution in [2.45, 2.75) is 23.4 Å². The lowest BCUT2D eigenvalue weighted by molar-refractivity contribution is -0.385. The van der Waals surface area contributed by atoms with Crippen molar-refractivity contribution in [2.24, 2.45) is 0 Å². The third-order valence-electron chi connectivity index (χ3n) is 2.69. The van der Waals surface area contributed by atoms with Gasteiger partial charge in [-0.1, -0.05) is 0 Å². The number of nitrogens with one attached hydrogen (secondary N) is 1. The van der Waals surface area contributed by atoms with Crippen LogP contribution in [0.2, 0.25) is 0 Å². The van der Waals surface area contributed by atoms with E-state index in [0.717, 1.165) is 6.07 Å². The maximum absolute atomic E-state index is 12.0. The highest BCUT2D eigenvalue weighted by atomic mass is 79.9. The van der Waals surface area contributed by atoms with Crippen LogP contribution in [0.25, 0.3) is 4.85 Å². The number of rotatable bonds is 4. The van der Waals surface area contributed by atoms with Gasteiger partial charge in [0.2, 0.25) is 10.0 Å². The number of hydrogen-bond donors (Lipinski definition) is 1. The standard InChI is InChI=1S/C10H8BrN3O4S/c1-12-10(4-5-10)13-19(17,18)7-2-3-8(11)9(6-7)14(15)16/h2-3,6,13H,4-5H2. The highest BCUT2D eigenvalue weighted by molar-refractivity contribution is 9.10. The number of nitro groups is 1. The Hall–Kier alpha value is -1.50. The van der Waals surface area contributed by atoms with Crippen molar-refractivity contribution in [3.8, 4) is 0 Å². The molecule has 2 rings (SSSR count). The monoisotopic (exact) mass is 345 g/mol. The Morgan fingerprint density at radius 3 is 2.58 bits per heavy atom. The second-order valence-electron chi connectivity index (χ2n) is 4.12. The second kappa shape index (κ2) is 4.56. The van der Waals surface area contributed by atoms with Gasteiger partial charge in [0, 0.05) is 6.07 Å². The fourth-order valence-electron chi connectivity index (χ4n) is 1.46. The van der Waals surface area contributed by atoms with Crippen LogP contribution in [0.1, 0.15) is 12.8 Å². The summed E-state index contributed by atoms with van der Waals surface area (Å²) in [5.41, 5.74) is -1.41. The van der Waals surface area contributed by atoms with Crippen molar-refractivity contribution >= 4 is 31.6 Å². The third kappa shape index (κ3) is 2.75. The Morgan fingerprint density at radius 1 is 1.47 bits per heavy atom. The molecule has 1 saturated carbocycles. The predicted octanol–water partition coefficient (Wildman–Crippen LogP) is 2.04. The van der Waals surface area contributed by atoms with E-state index in [2.05, 4.69) is 25.5 Å². The lowest BCUT2D eigenvalue weighted by Crippen LogP contribution is -2.34. The molecule has 0 unspecified atom stereocenters. The molecule has 7 nitrogen and oxygen atoms in total. The highest BCUT2D eigenvalue weighted by Crippen LogP contribution is 2.38. The van der Waals surface area contributed by atoms with Gasteiger partial charge in [0.05, 0.1) is 27.1 Å². The van der Waals surface area contributed by atoms with Gasteiger partial charge in [0.1, 0.15) is 0 Å². The van der Waals surface area contributed by atoms with E-state index in [1.807, 2.05) is 0 Å². The van der Waals surface area contributed by atoms with E-state index in [1.165, 1.54) is 12.1 Å². The Kier molecular flexibility index (Phi) is 3.34. The topological polar surface area (TPSA) is 93.7 Å². The summed E-state index contributed by atoms with van der Waals surface area (Å²) in [4.78, 5) is 13.1. The number of halogens is 1. The molecule has 100 valence electrons. The molecule has 0 radical (unpaired) electrons. The van der Waals surface area contributed by atoms with Crippen molar-refractivity contribution in [1.29, 1.82) is 0 Å². The zero-order valence-corrected chi connectivity index (χ0v) is 11.9. The number of sulfonamides is 1. The van der Waals surface area contributed by atoms with Gasteiger partial charge in [-0.2, -0.15) is 0 Å². The van der Waals surface area contributed by atoms with Crippen molar-refractivity contribution in [3.63, 3.8) is 0 Å². The van der Waals surface area contributed by atoms with Crippen molar-refractivity contribution < 1.29 is 13.3 Å². The Bertz CT molecular complexity index is 691. The minimum Gasteiger partial charge on any atom is -0.292 e. The molecular weight excluding hydrogens is 338 g/mol. The molecule has 0 amide bonds. The van der Waals surface area contributed by atoms with Gasteiger partial charge in [0.25, 0.3) is 11.4 Å². The summed E-state index contributed by atoms with van der Waals surface area (Å²) in [5.74, 6) is 0. The molecule has 0 bridgehead atoms. The van der Waals surface area contributed by atoms with Gasteiger partial charge in [-0.05, 0) is 28.1 Å². The zero-order chi connectivity index (χ0) is 14.3. The molecule has 0 aromatic heterocycles. The van der Waals surface area contributed by atoms with Crippen LogP contribution in [-0.4, -0.2) is 19.0 Å². The number of nitrogens with zero attached hydrogens (tertiary/aromatic N) is 2. The number of benzene rings is 1. The zero-order valence-electron chi connectivity index (χ0n) is 9.46. The fourth-order valence-corrected chi connectivity index (χ4v) is 3.24. The minimum atomic E-state index is -3.93. The third-order valence-corrected chi connectivity index (χ3v) is 4.88. The van der Waals surface area contributed by atoms with E-state index in [4.69, 9.17) is 6.57 Å². The maximum atomic E-state index is 12.0. The molecule has 9 heteroatoms. The summed E-state index contributed by atoms with van der Waals surface area (Å²) < 4.78 is 26.6. The summed E-state index contributed by atoms with van der Waals surface area (Å²) in [7, 11) is -3.93. The molecule has 1 N–H and O–H groups in total. The van der Waals surface area contributed by atoms with Crippen molar-refractivity contribution in [3.05, 3.63) is 44.2 Å². The lowest BCUT2D eigenvalue weighted by atomic mass is 10.3. The van der Waals surface area contributed by atoms with E-state index in [9.17, 15) is 18.5 Å². The van der Waals surface area contributed by atoms with Crippen LogP contribution in [-0.2, 0) is 10.0 Å². The highest BCUT2D eigenvalue weighted by Gasteiger charge is 2.54. The van der Waals surface area contributed by atoms with Crippen molar-refractivity contribution in [2.75, 3.05) is 0 Å². The molecule has 19 heavy (non-hydrogen) atoms. The predicted molar refractivity (Wildman–Crippen MR) is 69.7 cm³/mol. The van der Waals surface area contributed by atoms with E-state index >= 15 is 0 Å². The van der Waals surface area contributed by atoms with Gasteiger partial charge in [-0.15, -0.1) is 4.72 Å². The number of hydrogen-bond acceptors (Lipinski definition) is 4. The van der Waals surface area contributed by atoms with Crippen LogP contribution in [0.3, 0.4) is 0 Å². The molecule has 0 saturated heterocycles. The average Bonchev–Trinajstić information content (AvgIpc) is 3.08. The van der Waals surface area contributed by atoms with Gasteiger partial charge >= 0.3 is 0 Å². The van der Waals surface area contributed by atoms with E-state index in [1.54, 1.807) is 0 Å². The summed E-state index contributed by atoms with van der Waals surface area (Å²) in [6.45, 7) is 6.94. The first kappa shape index (κ1) is 13.9. The van der Waals surface area contributed by atoms with Crippen LogP contribution in [0.4, 0.5) is 5.69 Å². The van der Waals surface area contributed by atoms with Gasteiger partial charge in [-0.25, -0.2) is 15.0 Å². The van der Waals surface area contributed by atoms with E-state index in [-0.39, 0.29) is 15.1 Å². The van der Waals surface area contributed by atoms with Crippen LogP contribution in [0.5, 0.6) is 0 Å². The first-order valence-electron chi connectivity index (χ1n) is 5.16. The molecule has 1 aromatic carbocycles. The molecule has 0 aliphatic heterocycles. The molecule has 0 heterocycles. The Balaban J connectivity index is 2.39. The quantitative estimate of drug-likeness (QED) is 0.513. The van der Waals surface area contributed by atoms with Gasteiger partial charge < -0.3 is 0 Å². The van der Waals surface area contributed by atoms with Gasteiger partial charge in [0.15, 0.2) is 0 Å². The summed E-state index contributed by atoms with van der Waals surface area (Å²) in [6.07, 6.45) is 0.905. The van der Waals surface area contributed by atoms with Gasteiger partial charge in [-0.3, -0.25) is 15.0 Å². The minimum absolute atomic E-state index is 0.197. The summed E-state index contributed by atoms with van der Waals surface area (Å²) in [5, 5.41) is 10.8. The number of nitro benzene ring substituents is 1. The molecule has 0 atom stereocenters. The largest absolute Gasteiger partial charge is 0.299 e. The van der Waals surface area contributed by atoms with E-state index < -0.39 is 20.6 Å². The summed E-state index contributed by atoms with van der Waals surface area (Å²) in [6, 6.07) is 3.51. The average molecular weight is 346 g/mol.